The van der Waals surface area contributed by atoms with Gasteiger partial charge in [-0.05, 0) is 44.1 Å². The van der Waals surface area contributed by atoms with Crippen LogP contribution >= 0.6 is 12.2 Å². The first-order chi connectivity index (χ1) is 9.10. The predicted octanol–water partition coefficient (Wildman–Crippen LogP) is 3.74. The maximum atomic E-state index is 5.39. The van der Waals surface area contributed by atoms with E-state index in [1.165, 1.54) is 5.56 Å². The van der Waals surface area contributed by atoms with Crippen molar-refractivity contribution in [3.8, 4) is 0 Å². The lowest BCUT2D eigenvalue weighted by atomic mass is 10.1. The van der Waals surface area contributed by atoms with Gasteiger partial charge in [-0.2, -0.15) is 0 Å². The van der Waals surface area contributed by atoms with Crippen LogP contribution in [0, 0.1) is 6.92 Å². The van der Waals surface area contributed by atoms with E-state index in [0.717, 1.165) is 23.6 Å². The number of thiocarbonyl (C=S) groups is 1. The van der Waals surface area contributed by atoms with Crippen LogP contribution in [-0.4, -0.2) is 10.8 Å². The summed E-state index contributed by atoms with van der Waals surface area (Å²) in [5.41, 5.74) is 5.71. The van der Waals surface area contributed by atoms with Gasteiger partial charge in [-0.25, -0.2) is 5.43 Å². The maximum Gasteiger partial charge on any atom is 0.189 e. The van der Waals surface area contributed by atoms with Crippen molar-refractivity contribution in [1.29, 1.82) is 0 Å². The Hall–Kier alpha value is -1.13. The largest absolute Gasteiger partial charge is 0.342 e. The molecule has 0 bridgehead atoms. The Morgan fingerprint density at radius 2 is 1.63 bits per heavy atom. The summed E-state index contributed by atoms with van der Waals surface area (Å²) >= 11 is 5.39. The standard InChI is InChI=1S/C13H19N3S.C2H6/c1-4-13(5-2)14-12(17)16(15-13)11-8-6-10(3)7-9-11;1-2/h6-9,15H,4-5H2,1-3H3,(H,14,17);1-2H3. The van der Waals surface area contributed by atoms with Gasteiger partial charge in [0.15, 0.2) is 5.11 Å². The quantitative estimate of drug-likeness (QED) is 0.824. The van der Waals surface area contributed by atoms with E-state index < -0.39 is 0 Å². The van der Waals surface area contributed by atoms with Crippen LogP contribution in [0.15, 0.2) is 24.3 Å². The number of aryl methyl sites for hydroxylation is 1. The van der Waals surface area contributed by atoms with Gasteiger partial charge in [-0.3, -0.25) is 5.01 Å². The molecule has 2 N–H and O–H groups in total. The Kier molecular flexibility index (Phi) is 5.76. The number of nitrogens with one attached hydrogen (secondary N) is 2. The van der Waals surface area contributed by atoms with E-state index in [2.05, 4.69) is 55.8 Å². The molecule has 1 aromatic rings. The molecule has 1 aromatic carbocycles. The molecule has 1 heterocycles. The van der Waals surface area contributed by atoms with Gasteiger partial charge >= 0.3 is 0 Å². The number of hydrogen-bond donors (Lipinski definition) is 2. The fraction of sp³-hybridized carbons (Fsp3) is 0.533. The highest BCUT2D eigenvalue weighted by atomic mass is 32.1. The number of benzene rings is 1. The van der Waals surface area contributed by atoms with Gasteiger partial charge in [0.05, 0.1) is 5.69 Å². The molecule has 0 spiro atoms. The molecule has 19 heavy (non-hydrogen) atoms. The van der Waals surface area contributed by atoms with Gasteiger partial charge in [0.1, 0.15) is 5.66 Å². The first-order valence-corrected chi connectivity index (χ1v) is 7.48. The van der Waals surface area contributed by atoms with Gasteiger partial charge in [-0.1, -0.05) is 45.4 Å². The van der Waals surface area contributed by atoms with Gasteiger partial charge < -0.3 is 5.32 Å². The molecule has 0 amide bonds. The van der Waals surface area contributed by atoms with Crippen molar-refractivity contribution in [2.24, 2.45) is 0 Å². The number of hydrazine groups is 1. The molecule has 0 unspecified atom stereocenters. The first kappa shape index (κ1) is 15.9. The Bertz CT molecular complexity index is 410. The average molecular weight is 279 g/mol. The highest BCUT2D eigenvalue weighted by Gasteiger charge is 2.37. The second kappa shape index (κ2) is 6.87. The zero-order valence-electron chi connectivity index (χ0n) is 12.6. The van der Waals surface area contributed by atoms with Crippen LogP contribution < -0.4 is 15.8 Å². The zero-order valence-corrected chi connectivity index (χ0v) is 13.4. The summed E-state index contributed by atoms with van der Waals surface area (Å²) in [4.78, 5) is 0. The van der Waals surface area contributed by atoms with Gasteiger partial charge in [0.2, 0.25) is 0 Å². The molecule has 0 saturated carbocycles. The van der Waals surface area contributed by atoms with Gasteiger partial charge in [0.25, 0.3) is 0 Å². The molecule has 0 aliphatic carbocycles. The summed E-state index contributed by atoms with van der Waals surface area (Å²) in [5, 5.41) is 6.08. The lowest BCUT2D eigenvalue weighted by Gasteiger charge is -2.27. The van der Waals surface area contributed by atoms with E-state index in [4.69, 9.17) is 12.2 Å². The molecule has 0 radical (unpaired) electrons. The van der Waals surface area contributed by atoms with Crippen molar-refractivity contribution in [3.05, 3.63) is 29.8 Å². The average Bonchev–Trinajstić information content (AvgIpc) is 2.80. The third kappa shape index (κ3) is 3.45. The molecular formula is C15H25N3S. The molecule has 1 fully saturated rings. The molecule has 0 aromatic heterocycles. The molecule has 4 heteroatoms. The summed E-state index contributed by atoms with van der Waals surface area (Å²) in [7, 11) is 0. The summed E-state index contributed by atoms with van der Waals surface area (Å²) in [6, 6.07) is 8.35. The van der Waals surface area contributed by atoms with Crippen molar-refractivity contribution in [3.63, 3.8) is 0 Å². The topological polar surface area (TPSA) is 27.3 Å². The smallest absolute Gasteiger partial charge is 0.189 e. The number of rotatable bonds is 3. The number of hydrogen-bond acceptors (Lipinski definition) is 2. The third-order valence-corrected chi connectivity index (χ3v) is 3.66. The van der Waals surface area contributed by atoms with Crippen LogP contribution in [0.25, 0.3) is 0 Å². The van der Waals surface area contributed by atoms with E-state index in [9.17, 15) is 0 Å². The van der Waals surface area contributed by atoms with Crippen LogP contribution in [0.4, 0.5) is 5.69 Å². The Morgan fingerprint density at radius 1 is 1.11 bits per heavy atom. The lowest BCUT2D eigenvalue weighted by Crippen LogP contribution is -2.50. The fourth-order valence-corrected chi connectivity index (χ4v) is 2.36. The minimum Gasteiger partial charge on any atom is -0.342 e. The van der Waals surface area contributed by atoms with E-state index >= 15 is 0 Å². The minimum atomic E-state index is -0.0953. The van der Waals surface area contributed by atoms with Crippen molar-refractivity contribution in [2.45, 2.75) is 53.1 Å². The molecular weight excluding hydrogens is 254 g/mol. The Labute approximate surface area is 122 Å². The Balaban J connectivity index is 0.000000861. The van der Waals surface area contributed by atoms with Crippen molar-refractivity contribution >= 4 is 23.0 Å². The second-order valence-electron chi connectivity index (χ2n) is 4.50. The van der Waals surface area contributed by atoms with Crippen LogP contribution in [0.5, 0.6) is 0 Å². The summed E-state index contributed by atoms with van der Waals surface area (Å²) < 4.78 is 0. The molecule has 0 atom stereocenters. The first-order valence-electron chi connectivity index (χ1n) is 7.07. The SMILES string of the molecule is CC.CCC1(CC)NC(=S)N(c2ccc(C)cc2)N1. The van der Waals surface area contributed by atoms with Crippen LogP contribution in [-0.2, 0) is 0 Å². The molecule has 1 aliphatic rings. The minimum absolute atomic E-state index is 0.0953. The third-order valence-electron chi connectivity index (χ3n) is 3.37. The summed E-state index contributed by atoms with van der Waals surface area (Å²) in [6.45, 7) is 10.4. The molecule has 106 valence electrons. The highest BCUT2D eigenvalue weighted by Crippen LogP contribution is 2.23. The molecule has 1 saturated heterocycles. The van der Waals surface area contributed by atoms with Crippen molar-refractivity contribution in [1.82, 2.24) is 10.7 Å². The lowest BCUT2D eigenvalue weighted by molar-refractivity contribution is 0.315. The molecule has 2 rings (SSSR count). The Morgan fingerprint density at radius 3 is 2.05 bits per heavy atom. The zero-order chi connectivity index (χ0) is 14.5. The monoisotopic (exact) mass is 279 g/mol. The second-order valence-corrected chi connectivity index (χ2v) is 4.89. The van der Waals surface area contributed by atoms with Crippen LogP contribution in [0.3, 0.4) is 0 Å². The number of nitrogens with zero attached hydrogens (tertiary/aromatic N) is 1. The summed E-state index contributed by atoms with van der Waals surface area (Å²) in [5.74, 6) is 0. The van der Waals surface area contributed by atoms with E-state index in [-0.39, 0.29) is 5.66 Å². The molecule has 3 nitrogen and oxygen atoms in total. The molecule has 1 aliphatic heterocycles. The van der Waals surface area contributed by atoms with E-state index in [0.29, 0.717) is 0 Å². The van der Waals surface area contributed by atoms with E-state index in [1.807, 2.05) is 18.9 Å². The number of anilines is 1. The summed E-state index contributed by atoms with van der Waals surface area (Å²) in [6.07, 6.45) is 1.98. The van der Waals surface area contributed by atoms with Crippen molar-refractivity contribution in [2.75, 3.05) is 5.01 Å². The highest BCUT2D eigenvalue weighted by molar-refractivity contribution is 7.80. The normalized spacial score (nSPS) is 16.7. The van der Waals surface area contributed by atoms with Gasteiger partial charge in [0, 0.05) is 0 Å². The predicted molar refractivity (Wildman–Crippen MR) is 87.2 cm³/mol. The van der Waals surface area contributed by atoms with E-state index in [1.54, 1.807) is 0 Å². The van der Waals surface area contributed by atoms with Crippen LogP contribution in [0.2, 0.25) is 0 Å². The van der Waals surface area contributed by atoms with Crippen molar-refractivity contribution < 1.29 is 0 Å². The van der Waals surface area contributed by atoms with Gasteiger partial charge in [-0.15, -0.1) is 0 Å². The maximum absolute atomic E-state index is 5.39. The fourth-order valence-electron chi connectivity index (χ4n) is 2.01. The van der Waals surface area contributed by atoms with Crippen LogP contribution in [0.1, 0.15) is 46.1 Å².